The van der Waals surface area contributed by atoms with Crippen LogP contribution in [0.1, 0.15) is 61.6 Å². The van der Waals surface area contributed by atoms with Gasteiger partial charge in [-0.25, -0.2) is 8.42 Å². The molecule has 4 aliphatic carbocycles. The molecule has 5 nitrogen and oxygen atoms in total. The topological polar surface area (TPSA) is 66.5 Å². The highest BCUT2D eigenvalue weighted by Gasteiger charge is 2.48. The normalized spacial score (nSPS) is 28.5. The Balaban J connectivity index is 1.31. The Morgan fingerprint density at radius 2 is 1.50 bits per heavy atom. The molecular formula is C28H36N2O3S. The van der Waals surface area contributed by atoms with Gasteiger partial charge in [-0.3, -0.25) is 9.10 Å². The lowest BCUT2D eigenvalue weighted by Gasteiger charge is -2.54. The number of nitrogens with zero attached hydrogens (tertiary/aromatic N) is 1. The van der Waals surface area contributed by atoms with Crippen molar-refractivity contribution >= 4 is 27.3 Å². The SMILES string of the molecule is Cc1ccc(N([C@@H](C)C(=O)Nc2ccc(C3C4CC5CC(C4)CC3C5)cc2)S(C)(=O)=O)cc1C. The highest BCUT2D eigenvalue weighted by Crippen LogP contribution is 2.59. The van der Waals surface area contributed by atoms with Gasteiger partial charge < -0.3 is 5.32 Å². The molecule has 0 aromatic heterocycles. The quantitative estimate of drug-likeness (QED) is 0.582. The molecular weight excluding hydrogens is 444 g/mol. The minimum atomic E-state index is -3.64. The summed E-state index contributed by atoms with van der Waals surface area (Å²) in [6.07, 6.45) is 8.13. The molecule has 2 aromatic rings. The van der Waals surface area contributed by atoms with Crippen LogP contribution in [0.3, 0.4) is 0 Å². The largest absolute Gasteiger partial charge is 0.324 e. The maximum atomic E-state index is 13.1. The van der Waals surface area contributed by atoms with Crippen LogP contribution in [-0.2, 0) is 14.8 Å². The Bertz CT molecular complexity index is 1160. The van der Waals surface area contributed by atoms with Gasteiger partial charge in [0.15, 0.2) is 0 Å². The predicted octanol–water partition coefficient (Wildman–Crippen LogP) is 5.64. The van der Waals surface area contributed by atoms with E-state index >= 15 is 0 Å². The molecule has 182 valence electrons. The zero-order valence-electron chi connectivity index (χ0n) is 20.6. The van der Waals surface area contributed by atoms with E-state index in [2.05, 4.69) is 17.4 Å². The Kier molecular flexibility index (Phi) is 5.99. The molecule has 6 rings (SSSR count). The number of sulfonamides is 1. The van der Waals surface area contributed by atoms with E-state index in [-0.39, 0.29) is 5.91 Å². The van der Waals surface area contributed by atoms with Crippen LogP contribution in [0.25, 0.3) is 0 Å². The van der Waals surface area contributed by atoms with Gasteiger partial charge in [0, 0.05) is 5.69 Å². The van der Waals surface area contributed by atoms with E-state index in [0.717, 1.165) is 41.1 Å². The maximum absolute atomic E-state index is 13.1. The van der Waals surface area contributed by atoms with Crippen LogP contribution in [-0.4, -0.2) is 26.6 Å². The molecule has 34 heavy (non-hydrogen) atoms. The number of rotatable bonds is 6. The maximum Gasteiger partial charge on any atom is 0.247 e. The van der Waals surface area contributed by atoms with Gasteiger partial charge in [0.05, 0.1) is 11.9 Å². The van der Waals surface area contributed by atoms with Gasteiger partial charge in [0.1, 0.15) is 6.04 Å². The first-order valence-electron chi connectivity index (χ1n) is 12.6. The molecule has 0 heterocycles. The first kappa shape index (κ1) is 23.4. The molecule has 0 aliphatic heterocycles. The van der Waals surface area contributed by atoms with E-state index in [4.69, 9.17) is 0 Å². The van der Waals surface area contributed by atoms with Crippen molar-refractivity contribution in [2.45, 2.75) is 64.8 Å². The summed E-state index contributed by atoms with van der Waals surface area (Å²) in [5.74, 6) is 3.85. The third-order valence-electron chi connectivity index (χ3n) is 8.62. The van der Waals surface area contributed by atoms with Gasteiger partial charge in [-0.2, -0.15) is 0 Å². The minimum Gasteiger partial charge on any atom is -0.324 e. The van der Waals surface area contributed by atoms with Gasteiger partial charge >= 0.3 is 0 Å². The number of carbonyl (C=O) groups excluding carboxylic acids is 1. The lowest BCUT2D eigenvalue weighted by atomic mass is 9.51. The van der Waals surface area contributed by atoms with Crippen molar-refractivity contribution in [1.82, 2.24) is 0 Å². The monoisotopic (exact) mass is 480 g/mol. The predicted molar refractivity (Wildman–Crippen MR) is 138 cm³/mol. The number of hydrogen-bond acceptors (Lipinski definition) is 3. The van der Waals surface area contributed by atoms with Crippen LogP contribution in [0, 0.1) is 37.5 Å². The number of carbonyl (C=O) groups is 1. The lowest BCUT2D eigenvalue weighted by Crippen LogP contribution is -2.45. The number of amides is 1. The molecule has 4 bridgehead atoms. The standard InChI is InChI=1S/C28H36N2O3S/c1-17-5-10-26(11-18(17)2)30(34(4,32)33)19(3)28(31)29-25-8-6-22(7-9-25)27-23-13-20-12-21(15-23)16-24(27)14-20/h5-11,19-21,23-24,27H,12-16H2,1-4H3,(H,29,31)/t19-,20?,21?,23?,24?,27?/m0/s1. The first-order valence-corrected chi connectivity index (χ1v) is 14.4. The Labute approximate surface area is 204 Å². The summed E-state index contributed by atoms with van der Waals surface area (Å²) in [7, 11) is -3.64. The van der Waals surface area contributed by atoms with Gasteiger partial charge in [-0.05, 0) is 123 Å². The minimum absolute atomic E-state index is 0.342. The van der Waals surface area contributed by atoms with Gasteiger partial charge in [-0.15, -0.1) is 0 Å². The number of benzene rings is 2. The fourth-order valence-electron chi connectivity index (χ4n) is 7.18. The van der Waals surface area contributed by atoms with Crippen LogP contribution in [0.15, 0.2) is 42.5 Å². The van der Waals surface area contributed by atoms with Gasteiger partial charge in [0.2, 0.25) is 15.9 Å². The molecule has 1 N–H and O–H groups in total. The summed E-state index contributed by atoms with van der Waals surface area (Å²) < 4.78 is 26.4. The van der Waals surface area contributed by atoms with Crippen molar-refractivity contribution < 1.29 is 13.2 Å². The third-order valence-corrected chi connectivity index (χ3v) is 9.86. The van der Waals surface area contributed by atoms with Crippen molar-refractivity contribution in [3.05, 3.63) is 59.2 Å². The third kappa shape index (κ3) is 4.37. The van der Waals surface area contributed by atoms with Crippen molar-refractivity contribution in [2.24, 2.45) is 23.7 Å². The lowest BCUT2D eigenvalue weighted by molar-refractivity contribution is -0.116. The van der Waals surface area contributed by atoms with E-state index in [1.165, 1.54) is 42.0 Å². The van der Waals surface area contributed by atoms with Crippen molar-refractivity contribution in [1.29, 1.82) is 0 Å². The highest BCUT2D eigenvalue weighted by atomic mass is 32.2. The molecule has 0 unspecified atom stereocenters. The van der Waals surface area contributed by atoms with E-state index < -0.39 is 16.1 Å². The molecule has 0 saturated heterocycles. The summed E-state index contributed by atoms with van der Waals surface area (Å²) in [4.78, 5) is 13.1. The fourth-order valence-corrected chi connectivity index (χ4v) is 8.34. The molecule has 0 radical (unpaired) electrons. The summed E-state index contributed by atoms with van der Waals surface area (Å²) >= 11 is 0. The van der Waals surface area contributed by atoms with E-state index in [9.17, 15) is 13.2 Å². The second-order valence-electron chi connectivity index (χ2n) is 11.1. The Morgan fingerprint density at radius 1 is 0.912 bits per heavy atom. The zero-order valence-corrected chi connectivity index (χ0v) is 21.4. The Hall–Kier alpha value is -2.34. The number of nitrogens with one attached hydrogen (secondary N) is 1. The van der Waals surface area contributed by atoms with Crippen molar-refractivity contribution in [3.63, 3.8) is 0 Å². The molecule has 4 aliphatic rings. The van der Waals surface area contributed by atoms with Gasteiger partial charge in [0.25, 0.3) is 0 Å². The number of anilines is 2. The summed E-state index contributed by atoms with van der Waals surface area (Å²) in [6, 6.07) is 12.9. The van der Waals surface area contributed by atoms with Crippen molar-refractivity contribution in [2.75, 3.05) is 15.9 Å². The Morgan fingerprint density at radius 3 is 2.03 bits per heavy atom. The first-order chi connectivity index (χ1) is 16.1. The van der Waals surface area contributed by atoms with E-state index in [1.807, 2.05) is 38.1 Å². The van der Waals surface area contributed by atoms with Crippen LogP contribution in [0.4, 0.5) is 11.4 Å². The molecule has 4 fully saturated rings. The zero-order chi connectivity index (χ0) is 24.2. The smallest absolute Gasteiger partial charge is 0.247 e. The molecule has 6 heteroatoms. The highest BCUT2D eigenvalue weighted by molar-refractivity contribution is 7.92. The van der Waals surface area contributed by atoms with Gasteiger partial charge in [-0.1, -0.05) is 18.2 Å². The van der Waals surface area contributed by atoms with Crippen LogP contribution >= 0.6 is 0 Å². The van der Waals surface area contributed by atoms with E-state index in [0.29, 0.717) is 17.3 Å². The van der Waals surface area contributed by atoms with Crippen LogP contribution in [0.5, 0.6) is 0 Å². The van der Waals surface area contributed by atoms with E-state index in [1.54, 1.807) is 13.0 Å². The molecule has 4 saturated carbocycles. The second-order valence-corrected chi connectivity index (χ2v) is 12.9. The molecule has 1 atom stereocenters. The summed E-state index contributed by atoms with van der Waals surface area (Å²) in [5.41, 5.74) is 4.67. The fraction of sp³-hybridized carbons (Fsp3) is 0.536. The van der Waals surface area contributed by atoms with Crippen LogP contribution in [0.2, 0.25) is 0 Å². The molecule has 1 amide bonds. The second kappa shape index (κ2) is 8.71. The summed E-state index contributed by atoms with van der Waals surface area (Å²) in [5, 5.41) is 2.94. The molecule has 0 spiro atoms. The average Bonchev–Trinajstić information content (AvgIpc) is 2.75. The number of hydrogen-bond donors (Lipinski definition) is 1. The summed E-state index contributed by atoms with van der Waals surface area (Å²) in [6.45, 7) is 5.55. The number of aryl methyl sites for hydroxylation is 2. The van der Waals surface area contributed by atoms with Crippen molar-refractivity contribution in [3.8, 4) is 0 Å². The molecule has 2 aromatic carbocycles. The van der Waals surface area contributed by atoms with Crippen LogP contribution < -0.4 is 9.62 Å². The average molecular weight is 481 g/mol.